The zero-order chi connectivity index (χ0) is 20.0. The summed E-state index contributed by atoms with van der Waals surface area (Å²) >= 11 is 0. The first-order valence-electron chi connectivity index (χ1n) is 7.06. The standard InChI is InChI=1S/C13H17N5O8.2H2S/c14-9-7(6(21)1-4(2-19)12(23)24)17-10(15)8(18-9)11(22)16-5(3-20)13(25)26;;/h4-5,19-20H,1-3H2,(H2,14,18)(H2,15,17)(H,16,22)(H,23,24)(H,25,26);2*1H2/t4-,5-;;/m0../s1. The van der Waals surface area contributed by atoms with E-state index in [-0.39, 0.29) is 27.0 Å². The van der Waals surface area contributed by atoms with E-state index in [4.69, 9.17) is 31.9 Å². The highest BCUT2D eigenvalue weighted by Gasteiger charge is 2.27. The largest absolute Gasteiger partial charge is 0.481 e. The number of carbonyl (C=O) groups is 4. The van der Waals surface area contributed by atoms with Crippen molar-refractivity contribution in [2.24, 2.45) is 5.92 Å². The molecule has 158 valence electrons. The maximum atomic E-state index is 12.1. The van der Waals surface area contributed by atoms with Crippen molar-refractivity contribution in [3.05, 3.63) is 11.4 Å². The van der Waals surface area contributed by atoms with Crippen molar-refractivity contribution < 1.29 is 39.6 Å². The predicted octanol–water partition coefficient (Wildman–Crippen LogP) is -2.69. The minimum Gasteiger partial charge on any atom is -0.481 e. The summed E-state index contributed by atoms with van der Waals surface area (Å²) in [5.41, 5.74) is 10.0. The van der Waals surface area contributed by atoms with Crippen molar-refractivity contribution in [2.45, 2.75) is 12.5 Å². The van der Waals surface area contributed by atoms with Gasteiger partial charge in [0, 0.05) is 6.42 Å². The number of aliphatic hydroxyl groups excluding tert-OH is 2. The van der Waals surface area contributed by atoms with Gasteiger partial charge in [-0.05, 0) is 0 Å². The molecule has 1 heterocycles. The number of amides is 1. The fourth-order valence-electron chi connectivity index (χ4n) is 1.80. The second-order valence-corrected chi connectivity index (χ2v) is 5.08. The Labute approximate surface area is 172 Å². The number of aromatic nitrogens is 2. The van der Waals surface area contributed by atoms with Crippen molar-refractivity contribution in [3.8, 4) is 0 Å². The van der Waals surface area contributed by atoms with Gasteiger partial charge in [0.15, 0.2) is 34.8 Å². The van der Waals surface area contributed by atoms with Crippen LogP contribution < -0.4 is 16.8 Å². The van der Waals surface area contributed by atoms with Crippen molar-refractivity contribution in [2.75, 3.05) is 24.7 Å². The molecule has 0 aliphatic rings. The smallest absolute Gasteiger partial charge is 0.328 e. The molecular weight excluding hydrogens is 418 g/mol. The Morgan fingerprint density at radius 2 is 1.39 bits per heavy atom. The van der Waals surface area contributed by atoms with Gasteiger partial charge in [-0.15, -0.1) is 0 Å². The summed E-state index contributed by atoms with van der Waals surface area (Å²) in [6, 6.07) is -1.62. The number of nitrogen functional groups attached to an aromatic ring is 2. The van der Waals surface area contributed by atoms with Gasteiger partial charge in [0.1, 0.15) is 0 Å². The summed E-state index contributed by atoms with van der Waals surface area (Å²) < 4.78 is 0. The highest BCUT2D eigenvalue weighted by molar-refractivity contribution is 7.59. The molecule has 28 heavy (non-hydrogen) atoms. The van der Waals surface area contributed by atoms with E-state index in [9.17, 15) is 19.2 Å². The zero-order valence-electron chi connectivity index (χ0n) is 14.2. The first kappa shape index (κ1) is 27.6. The number of nitrogens with two attached hydrogens (primary N) is 2. The first-order valence-corrected chi connectivity index (χ1v) is 7.06. The minimum absolute atomic E-state index is 0. The highest BCUT2D eigenvalue weighted by Crippen LogP contribution is 2.17. The summed E-state index contributed by atoms with van der Waals surface area (Å²) in [6.45, 7) is -1.68. The number of hydrogen-bond donors (Lipinski definition) is 7. The number of nitrogens with one attached hydrogen (secondary N) is 1. The van der Waals surface area contributed by atoms with E-state index in [1.54, 1.807) is 0 Å². The van der Waals surface area contributed by atoms with Crippen molar-refractivity contribution >= 4 is 62.3 Å². The third-order valence-corrected chi connectivity index (χ3v) is 3.22. The molecule has 13 nitrogen and oxygen atoms in total. The van der Waals surface area contributed by atoms with Gasteiger partial charge < -0.3 is 37.2 Å². The topological polar surface area (TPSA) is 239 Å². The van der Waals surface area contributed by atoms with Crippen LogP contribution in [0, 0.1) is 5.92 Å². The predicted molar refractivity (Wildman–Crippen MR) is 105 cm³/mol. The number of hydrogen-bond acceptors (Lipinski definition) is 10. The fourth-order valence-corrected chi connectivity index (χ4v) is 1.80. The SMILES string of the molecule is Nc1nc(C(=O)N[C@@H](CO)C(=O)O)c(N)nc1C(=O)C[C@@H](CO)C(=O)O.S.S. The number of carboxylic acids is 2. The molecule has 0 aliphatic carbocycles. The molecule has 15 heteroatoms. The molecule has 1 aromatic rings. The molecule has 0 saturated heterocycles. The molecule has 0 unspecified atom stereocenters. The van der Waals surface area contributed by atoms with Gasteiger partial charge in [-0.2, -0.15) is 27.0 Å². The van der Waals surface area contributed by atoms with Crippen LogP contribution in [0.3, 0.4) is 0 Å². The molecule has 1 amide bonds. The summed E-state index contributed by atoms with van der Waals surface area (Å²) in [5.74, 6) is -7.34. The Morgan fingerprint density at radius 1 is 0.893 bits per heavy atom. The van der Waals surface area contributed by atoms with Crippen LogP contribution in [0.4, 0.5) is 11.6 Å². The van der Waals surface area contributed by atoms with E-state index < -0.39 is 78.2 Å². The minimum atomic E-state index is -1.62. The van der Waals surface area contributed by atoms with Gasteiger partial charge in [-0.25, -0.2) is 14.8 Å². The monoisotopic (exact) mass is 439 g/mol. The van der Waals surface area contributed by atoms with E-state index in [0.29, 0.717) is 0 Å². The molecular formula is C13H21N5O8S2. The molecule has 9 N–H and O–H groups in total. The van der Waals surface area contributed by atoms with E-state index in [1.165, 1.54) is 0 Å². The second-order valence-electron chi connectivity index (χ2n) is 5.08. The Bertz CT molecular complexity index is 686. The molecule has 1 rings (SSSR count). The number of carbonyl (C=O) groups excluding carboxylic acids is 2. The fraction of sp³-hybridized carbons (Fsp3) is 0.385. The quantitative estimate of drug-likeness (QED) is 0.195. The number of rotatable bonds is 9. The lowest BCUT2D eigenvalue weighted by Gasteiger charge is -2.13. The molecule has 0 spiro atoms. The Kier molecular flexibility index (Phi) is 11.8. The molecule has 0 radical (unpaired) electrons. The van der Waals surface area contributed by atoms with Gasteiger partial charge in [0.2, 0.25) is 0 Å². The first-order chi connectivity index (χ1) is 12.1. The third-order valence-electron chi connectivity index (χ3n) is 3.22. The molecule has 0 aromatic carbocycles. The van der Waals surface area contributed by atoms with Crippen LogP contribution in [0.5, 0.6) is 0 Å². The van der Waals surface area contributed by atoms with Crippen LogP contribution in [0.25, 0.3) is 0 Å². The number of aliphatic carboxylic acids is 2. The Morgan fingerprint density at radius 3 is 1.82 bits per heavy atom. The maximum Gasteiger partial charge on any atom is 0.328 e. The van der Waals surface area contributed by atoms with Crippen molar-refractivity contribution in [1.29, 1.82) is 0 Å². The normalized spacial score (nSPS) is 11.9. The van der Waals surface area contributed by atoms with E-state index in [1.807, 2.05) is 5.32 Å². The average molecular weight is 439 g/mol. The lowest BCUT2D eigenvalue weighted by Crippen LogP contribution is -2.44. The second kappa shape index (κ2) is 12.0. The summed E-state index contributed by atoms with van der Waals surface area (Å²) in [5, 5.41) is 37.4. The van der Waals surface area contributed by atoms with Gasteiger partial charge in [0.25, 0.3) is 5.91 Å². The highest BCUT2D eigenvalue weighted by atomic mass is 32.1. The lowest BCUT2D eigenvalue weighted by molar-refractivity contribution is -0.143. The number of nitrogens with zero attached hydrogens (tertiary/aromatic N) is 2. The summed E-state index contributed by atoms with van der Waals surface area (Å²) in [7, 11) is 0. The van der Waals surface area contributed by atoms with E-state index in [0.717, 1.165) is 0 Å². The number of anilines is 2. The Hall–Kier alpha value is -2.62. The molecule has 1 aromatic heterocycles. The van der Waals surface area contributed by atoms with Gasteiger partial charge >= 0.3 is 11.9 Å². The van der Waals surface area contributed by atoms with Crippen LogP contribution in [0.1, 0.15) is 27.4 Å². The van der Waals surface area contributed by atoms with Crippen LogP contribution in [0.15, 0.2) is 0 Å². The van der Waals surface area contributed by atoms with E-state index >= 15 is 0 Å². The zero-order valence-corrected chi connectivity index (χ0v) is 16.2. The molecule has 0 aliphatic heterocycles. The van der Waals surface area contributed by atoms with Crippen molar-refractivity contribution in [3.63, 3.8) is 0 Å². The van der Waals surface area contributed by atoms with Crippen molar-refractivity contribution in [1.82, 2.24) is 15.3 Å². The average Bonchev–Trinajstić information content (AvgIpc) is 2.57. The molecule has 0 fully saturated rings. The van der Waals surface area contributed by atoms with E-state index in [2.05, 4.69) is 9.97 Å². The van der Waals surface area contributed by atoms with Crippen LogP contribution in [-0.2, 0) is 9.59 Å². The number of carboxylic acid groups (broad SMARTS) is 2. The number of Topliss-reactive ketones (excluding diaryl/α,β-unsaturated/α-hetero) is 1. The van der Waals surface area contributed by atoms with Gasteiger partial charge in [-0.3, -0.25) is 14.4 Å². The molecule has 0 saturated carbocycles. The number of ketones is 1. The third kappa shape index (κ3) is 6.84. The molecule has 0 bridgehead atoms. The molecule has 2 atom stereocenters. The van der Waals surface area contributed by atoms with Gasteiger partial charge in [0.05, 0.1) is 19.1 Å². The van der Waals surface area contributed by atoms with Crippen LogP contribution >= 0.6 is 27.0 Å². The summed E-state index contributed by atoms with van der Waals surface area (Å²) in [4.78, 5) is 52.9. The Balaban J connectivity index is 0. The lowest BCUT2D eigenvalue weighted by atomic mass is 10.0. The van der Waals surface area contributed by atoms with Crippen LogP contribution in [-0.4, -0.2) is 73.3 Å². The van der Waals surface area contributed by atoms with Gasteiger partial charge in [-0.1, -0.05) is 0 Å². The summed E-state index contributed by atoms with van der Waals surface area (Å²) in [6.07, 6.45) is -0.624. The maximum absolute atomic E-state index is 12.1. The number of aliphatic hydroxyl groups is 2. The van der Waals surface area contributed by atoms with Crippen LogP contribution in [0.2, 0.25) is 0 Å².